The molecule has 154 valence electrons. The summed E-state index contributed by atoms with van der Waals surface area (Å²) in [7, 11) is 7.11. The maximum atomic E-state index is 13.1. The molecule has 0 bridgehead atoms. The van der Waals surface area contributed by atoms with Crippen molar-refractivity contribution in [3.8, 4) is 11.1 Å². The number of nitrogens with one attached hydrogen (secondary N) is 1. The number of fused-ring (bicyclic) bond motifs is 3. The maximum Gasteiger partial charge on any atom is 0.279 e. The highest BCUT2D eigenvalue weighted by Gasteiger charge is 2.20. The van der Waals surface area contributed by atoms with Crippen molar-refractivity contribution in [1.29, 1.82) is 0 Å². The van der Waals surface area contributed by atoms with Gasteiger partial charge in [0, 0.05) is 35.5 Å². The van der Waals surface area contributed by atoms with Gasteiger partial charge in [-0.3, -0.25) is 9.59 Å². The number of carbonyl (C=O) groups excluding carboxylic acids is 1. The predicted octanol–water partition coefficient (Wildman–Crippen LogP) is 3.71. The highest BCUT2D eigenvalue weighted by atomic mass is 35.5. The summed E-state index contributed by atoms with van der Waals surface area (Å²) in [6.07, 6.45) is 1.61. The van der Waals surface area contributed by atoms with Crippen LogP contribution < -0.4 is 10.9 Å². The molecule has 2 aromatic carbocycles. The van der Waals surface area contributed by atoms with Gasteiger partial charge in [0.1, 0.15) is 0 Å². The molecule has 0 saturated heterocycles. The van der Waals surface area contributed by atoms with Gasteiger partial charge in [0.15, 0.2) is 0 Å². The Labute approximate surface area is 179 Å². The first-order valence-corrected chi connectivity index (χ1v) is 9.76. The number of carbonyl (C=O) groups is 1. The molecule has 1 N–H and O–H groups in total. The zero-order valence-electron chi connectivity index (χ0n) is 17.3. The van der Waals surface area contributed by atoms with Gasteiger partial charge in [-0.25, -0.2) is 0 Å². The smallest absolute Gasteiger partial charge is 0.279 e. The second-order valence-corrected chi connectivity index (χ2v) is 7.42. The molecule has 0 saturated carbocycles. The summed E-state index contributed by atoms with van der Waals surface area (Å²) < 4.78 is 1.29. The summed E-state index contributed by atoms with van der Waals surface area (Å²) in [5.74, 6) is -0.209. The third-order valence-electron chi connectivity index (χ3n) is 4.48. The summed E-state index contributed by atoms with van der Waals surface area (Å²) in [5, 5.41) is 9.11. The second kappa shape index (κ2) is 9.07. The van der Waals surface area contributed by atoms with Crippen molar-refractivity contribution < 1.29 is 4.79 Å². The Morgan fingerprint density at radius 2 is 1.73 bits per heavy atom. The van der Waals surface area contributed by atoms with Crippen molar-refractivity contribution in [2.24, 2.45) is 0 Å². The van der Waals surface area contributed by atoms with Crippen molar-refractivity contribution >= 4 is 33.8 Å². The highest BCUT2D eigenvalue weighted by molar-refractivity contribution is 6.31. The molecule has 2 aromatic heterocycles. The van der Waals surface area contributed by atoms with Crippen LogP contribution in [0.5, 0.6) is 0 Å². The van der Waals surface area contributed by atoms with Crippen LogP contribution in [0.4, 0.5) is 0 Å². The van der Waals surface area contributed by atoms with Crippen molar-refractivity contribution in [2.75, 3.05) is 28.2 Å². The van der Waals surface area contributed by atoms with Crippen LogP contribution in [0.2, 0.25) is 5.02 Å². The molecule has 0 radical (unpaired) electrons. The first-order chi connectivity index (χ1) is 14.4. The van der Waals surface area contributed by atoms with E-state index in [0.717, 1.165) is 10.9 Å². The first kappa shape index (κ1) is 21.5. The molecule has 2 heterocycles. The molecule has 0 aliphatic carbocycles. The van der Waals surface area contributed by atoms with Crippen LogP contribution in [0.25, 0.3) is 27.4 Å². The van der Waals surface area contributed by atoms with E-state index in [0.29, 0.717) is 27.1 Å². The molecule has 1 amide bonds. The van der Waals surface area contributed by atoms with Gasteiger partial charge in [0.25, 0.3) is 11.5 Å². The Balaban J connectivity index is 0.000000806. The largest absolute Gasteiger partial charge is 0.345 e. The van der Waals surface area contributed by atoms with Crippen molar-refractivity contribution in [1.82, 2.24) is 19.8 Å². The minimum Gasteiger partial charge on any atom is -0.345 e. The minimum atomic E-state index is -0.284. The van der Waals surface area contributed by atoms with Gasteiger partial charge in [-0.15, -0.1) is 0 Å². The fourth-order valence-electron chi connectivity index (χ4n) is 3.17. The molecular weight excluding hydrogens is 400 g/mol. The molecule has 4 aromatic rings. The van der Waals surface area contributed by atoms with Crippen LogP contribution in [0.1, 0.15) is 10.4 Å². The third kappa shape index (κ3) is 4.06. The molecule has 6 nitrogen and oxygen atoms in total. The maximum absolute atomic E-state index is 13.1. The van der Waals surface area contributed by atoms with Gasteiger partial charge in [0.05, 0.1) is 17.3 Å². The number of halogens is 1. The van der Waals surface area contributed by atoms with E-state index in [1.54, 1.807) is 38.5 Å². The number of aromatic nitrogens is 2. The van der Waals surface area contributed by atoms with E-state index in [-0.39, 0.29) is 11.5 Å². The second-order valence-electron chi connectivity index (χ2n) is 6.98. The zero-order chi connectivity index (χ0) is 21.8. The van der Waals surface area contributed by atoms with Gasteiger partial charge >= 0.3 is 0 Å². The average Bonchev–Trinajstić information content (AvgIpc) is 2.74. The number of pyridine rings is 1. The summed E-state index contributed by atoms with van der Waals surface area (Å²) in [6.45, 7) is 0. The van der Waals surface area contributed by atoms with Crippen LogP contribution in [0, 0.1) is 0 Å². The number of hydrogen-bond donors (Lipinski definition) is 1. The summed E-state index contributed by atoms with van der Waals surface area (Å²) in [5.41, 5.74) is 1.73. The molecule has 0 aliphatic heterocycles. The lowest BCUT2D eigenvalue weighted by Gasteiger charge is -2.16. The highest BCUT2D eigenvalue weighted by Crippen LogP contribution is 2.27. The molecule has 0 unspecified atom stereocenters. The van der Waals surface area contributed by atoms with Gasteiger partial charge in [-0.1, -0.05) is 48.0 Å². The summed E-state index contributed by atoms with van der Waals surface area (Å²) >= 11 is 6.18. The molecule has 0 atom stereocenters. The quantitative estimate of drug-likeness (QED) is 0.500. The number of amides is 1. The predicted molar refractivity (Wildman–Crippen MR) is 122 cm³/mol. The molecule has 0 spiro atoms. The van der Waals surface area contributed by atoms with Crippen molar-refractivity contribution in [3.05, 3.63) is 81.7 Å². The molecular formula is C23H23ClN4O2. The molecule has 4 rings (SSSR count). The van der Waals surface area contributed by atoms with Crippen LogP contribution >= 0.6 is 11.6 Å². The van der Waals surface area contributed by atoms with E-state index in [4.69, 9.17) is 11.6 Å². The Hall–Kier alpha value is -3.22. The van der Waals surface area contributed by atoms with E-state index < -0.39 is 0 Å². The Kier molecular flexibility index (Phi) is 6.50. The number of benzene rings is 2. The Morgan fingerprint density at radius 3 is 2.37 bits per heavy atom. The standard InChI is InChI=1S/C21H16ClN3O2.C2H7N/c1-24(2)20(26)18-11-17(13-6-4-3-5-7-13)21(27)25-19(18)16-10-15(22)9-8-14(16)12-23-25;1-3-2/h3-12H,1-2H3;3H,1-2H3. The third-order valence-corrected chi connectivity index (χ3v) is 4.72. The fraction of sp³-hybridized carbons (Fsp3) is 0.174. The zero-order valence-corrected chi connectivity index (χ0v) is 18.1. The van der Waals surface area contributed by atoms with Crippen LogP contribution in [-0.4, -0.2) is 48.6 Å². The SMILES string of the molecule is CN(C)C(=O)c1cc(-c2ccccc2)c(=O)n2ncc3ccc(Cl)cc3c12.CNC. The van der Waals surface area contributed by atoms with E-state index >= 15 is 0 Å². The van der Waals surface area contributed by atoms with Gasteiger partial charge in [-0.05, 0) is 37.9 Å². The van der Waals surface area contributed by atoms with E-state index in [1.165, 1.54) is 9.42 Å². The van der Waals surface area contributed by atoms with E-state index in [1.807, 2.05) is 50.5 Å². The van der Waals surface area contributed by atoms with Gasteiger partial charge in [-0.2, -0.15) is 9.61 Å². The van der Waals surface area contributed by atoms with Crippen molar-refractivity contribution in [2.45, 2.75) is 0 Å². The van der Waals surface area contributed by atoms with Gasteiger partial charge in [0.2, 0.25) is 0 Å². The first-order valence-electron chi connectivity index (χ1n) is 9.39. The molecule has 0 fully saturated rings. The van der Waals surface area contributed by atoms with Crippen LogP contribution in [0.3, 0.4) is 0 Å². The van der Waals surface area contributed by atoms with Crippen molar-refractivity contribution in [3.63, 3.8) is 0 Å². The fourth-order valence-corrected chi connectivity index (χ4v) is 3.34. The normalized spacial score (nSPS) is 10.6. The summed E-state index contributed by atoms with van der Waals surface area (Å²) in [4.78, 5) is 27.6. The monoisotopic (exact) mass is 422 g/mol. The Morgan fingerprint density at radius 1 is 1.07 bits per heavy atom. The number of nitrogens with zero attached hydrogens (tertiary/aromatic N) is 3. The van der Waals surface area contributed by atoms with Crippen LogP contribution in [-0.2, 0) is 0 Å². The lowest BCUT2D eigenvalue weighted by Crippen LogP contribution is -2.26. The minimum absolute atomic E-state index is 0.209. The lowest BCUT2D eigenvalue weighted by molar-refractivity contribution is 0.0829. The topological polar surface area (TPSA) is 66.7 Å². The molecule has 7 heteroatoms. The summed E-state index contributed by atoms with van der Waals surface area (Å²) in [6, 6.07) is 16.2. The van der Waals surface area contributed by atoms with E-state index in [9.17, 15) is 9.59 Å². The van der Waals surface area contributed by atoms with Crippen LogP contribution in [0.15, 0.2) is 65.6 Å². The Bertz CT molecular complexity index is 1270. The number of rotatable bonds is 2. The average molecular weight is 423 g/mol. The number of hydrogen-bond acceptors (Lipinski definition) is 4. The molecule has 0 aliphatic rings. The lowest BCUT2D eigenvalue weighted by atomic mass is 10.0. The van der Waals surface area contributed by atoms with E-state index in [2.05, 4.69) is 10.4 Å². The molecule has 30 heavy (non-hydrogen) atoms. The van der Waals surface area contributed by atoms with Gasteiger partial charge < -0.3 is 10.2 Å².